The van der Waals surface area contributed by atoms with E-state index in [1.165, 1.54) is 0 Å². The van der Waals surface area contributed by atoms with Gasteiger partial charge in [-0.2, -0.15) is 5.26 Å². The van der Waals surface area contributed by atoms with Crippen LogP contribution in [0.3, 0.4) is 0 Å². The Hall–Kier alpha value is -1.62. The minimum Gasteiger partial charge on any atom is -0.299 e. The van der Waals surface area contributed by atoms with Crippen LogP contribution in [0.5, 0.6) is 0 Å². The second kappa shape index (κ2) is 5.93. The lowest BCUT2D eigenvalue weighted by molar-refractivity contribution is -0.118. The van der Waals surface area contributed by atoms with E-state index in [0.29, 0.717) is 25.7 Å². The van der Waals surface area contributed by atoms with Gasteiger partial charge in [-0.15, -0.1) is 0 Å². The molecule has 0 aliphatic rings. The topological polar surface area (TPSA) is 40.9 Å². The number of Topliss-reactive ketones (excluding diaryl/α,β-unsaturated/α-hetero) is 1. The first-order valence-corrected chi connectivity index (χ1v) is 4.75. The third-order valence-corrected chi connectivity index (χ3v) is 1.99. The van der Waals surface area contributed by atoms with Crippen LogP contribution in [0, 0.1) is 11.3 Å². The molecule has 0 N–H and O–H groups in total. The first kappa shape index (κ1) is 10.5. The number of hydrogen-bond acceptors (Lipinski definition) is 2. The average molecular weight is 187 g/mol. The van der Waals surface area contributed by atoms with Crippen LogP contribution in [-0.4, -0.2) is 5.78 Å². The van der Waals surface area contributed by atoms with Gasteiger partial charge in [0.15, 0.2) is 0 Å². The Bertz CT molecular complexity index is 324. The van der Waals surface area contributed by atoms with Gasteiger partial charge in [-0.3, -0.25) is 4.79 Å². The lowest BCUT2D eigenvalue weighted by atomic mass is 10.1. The zero-order valence-electron chi connectivity index (χ0n) is 8.07. The fourth-order valence-corrected chi connectivity index (χ4v) is 1.28. The minimum absolute atomic E-state index is 0.214. The van der Waals surface area contributed by atoms with Gasteiger partial charge in [0.25, 0.3) is 0 Å². The van der Waals surface area contributed by atoms with Gasteiger partial charge in [-0.1, -0.05) is 30.3 Å². The molecule has 0 radical (unpaired) electrons. The molecule has 0 amide bonds. The Labute approximate surface area is 84.2 Å². The van der Waals surface area contributed by atoms with Gasteiger partial charge in [0.05, 0.1) is 6.07 Å². The van der Waals surface area contributed by atoms with Gasteiger partial charge in [-0.05, 0) is 12.0 Å². The van der Waals surface area contributed by atoms with E-state index in [0.717, 1.165) is 5.56 Å². The molecular formula is C12H13NO. The third kappa shape index (κ3) is 3.86. The van der Waals surface area contributed by atoms with Crippen LogP contribution in [0.2, 0.25) is 0 Å². The highest BCUT2D eigenvalue weighted by atomic mass is 16.1. The van der Waals surface area contributed by atoms with Crippen molar-refractivity contribution >= 4 is 5.78 Å². The number of nitrogens with zero attached hydrogens (tertiary/aromatic N) is 1. The van der Waals surface area contributed by atoms with Gasteiger partial charge in [-0.25, -0.2) is 0 Å². The number of rotatable bonds is 5. The van der Waals surface area contributed by atoms with Crippen LogP contribution >= 0.6 is 0 Å². The van der Waals surface area contributed by atoms with Crippen molar-refractivity contribution in [1.82, 2.24) is 0 Å². The molecular weight excluding hydrogens is 174 g/mol. The molecule has 2 nitrogen and oxygen atoms in total. The molecule has 0 aliphatic carbocycles. The minimum atomic E-state index is 0.214. The largest absolute Gasteiger partial charge is 0.299 e. The third-order valence-electron chi connectivity index (χ3n) is 1.99. The van der Waals surface area contributed by atoms with E-state index in [9.17, 15) is 4.79 Å². The first-order valence-electron chi connectivity index (χ1n) is 4.75. The van der Waals surface area contributed by atoms with Crippen molar-refractivity contribution in [3.8, 4) is 6.07 Å². The molecule has 0 atom stereocenters. The van der Waals surface area contributed by atoms with Crippen LogP contribution in [0.15, 0.2) is 30.3 Å². The van der Waals surface area contributed by atoms with Gasteiger partial charge in [0, 0.05) is 19.3 Å². The van der Waals surface area contributed by atoms with Crippen LogP contribution < -0.4 is 0 Å². The van der Waals surface area contributed by atoms with Gasteiger partial charge in [0.2, 0.25) is 0 Å². The first-order chi connectivity index (χ1) is 6.83. The smallest absolute Gasteiger partial charge is 0.137 e. The maximum absolute atomic E-state index is 11.4. The number of hydrogen-bond donors (Lipinski definition) is 0. The summed E-state index contributed by atoms with van der Waals surface area (Å²) in [5, 5.41) is 8.31. The molecule has 0 spiro atoms. The quantitative estimate of drug-likeness (QED) is 0.664. The number of nitriles is 1. The Balaban J connectivity index is 2.32. The van der Waals surface area contributed by atoms with Crippen LogP contribution in [0.1, 0.15) is 24.8 Å². The molecule has 1 aromatic rings. The van der Waals surface area contributed by atoms with Crippen LogP contribution in [0.25, 0.3) is 0 Å². The fraction of sp³-hybridized carbons (Fsp3) is 0.333. The number of carbonyl (C=O) groups excluding carboxylic acids is 1. The summed E-state index contributed by atoms with van der Waals surface area (Å²) in [6, 6.07) is 11.7. The summed E-state index contributed by atoms with van der Waals surface area (Å²) in [5.74, 6) is 0.214. The molecule has 1 aromatic carbocycles. The number of ketones is 1. The molecule has 0 aliphatic heterocycles. The van der Waals surface area contributed by atoms with E-state index in [-0.39, 0.29) is 5.78 Å². The van der Waals surface area contributed by atoms with Crippen molar-refractivity contribution in [2.45, 2.75) is 25.7 Å². The maximum atomic E-state index is 11.4. The molecule has 2 heteroatoms. The van der Waals surface area contributed by atoms with E-state index in [4.69, 9.17) is 5.26 Å². The van der Waals surface area contributed by atoms with Crippen LogP contribution in [0.4, 0.5) is 0 Å². The molecule has 14 heavy (non-hydrogen) atoms. The summed E-state index contributed by atoms with van der Waals surface area (Å²) < 4.78 is 0. The van der Waals surface area contributed by atoms with Crippen molar-refractivity contribution in [3.63, 3.8) is 0 Å². The average Bonchev–Trinajstić information content (AvgIpc) is 2.20. The standard InChI is InChI=1S/C12H13NO/c13-9-5-4-8-12(14)10-11-6-2-1-3-7-11/h1-3,6-7H,4-5,8,10H2. The summed E-state index contributed by atoms with van der Waals surface area (Å²) in [4.78, 5) is 11.4. The molecule has 72 valence electrons. The highest BCUT2D eigenvalue weighted by Gasteiger charge is 2.02. The van der Waals surface area contributed by atoms with E-state index in [1.54, 1.807) is 0 Å². The zero-order valence-corrected chi connectivity index (χ0v) is 8.07. The second-order valence-corrected chi connectivity index (χ2v) is 3.21. The Morgan fingerprint density at radius 1 is 1.29 bits per heavy atom. The van der Waals surface area contributed by atoms with Crippen molar-refractivity contribution in [2.24, 2.45) is 0 Å². The van der Waals surface area contributed by atoms with Crippen molar-refractivity contribution < 1.29 is 4.79 Å². The molecule has 0 aromatic heterocycles. The SMILES string of the molecule is N#CCCCC(=O)Cc1ccccc1. The highest BCUT2D eigenvalue weighted by Crippen LogP contribution is 2.04. The highest BCUT2D eigenvalue weighted by molar-refractivity contribution is 5.80. The molecule has 1 rings (SSSR count). The molecule has 0 saturated carbocycles. The predicted octanol–water partition coefficient (Wildman–Crippen LogP) is 2.49. The summed E-state index contributed by atoms with van der Waals surface area (Å²) in [6.45, 7) is 0. The van der Waals surface area contributed by atoms with Crippen molar-refractivity contribution in [2.75, 3.05) is 0 Å². The van der Waals surface area contributed by atoms with E-state index in [2.05, 4.69) is 0 Å². The maximum Gasteiger partial charge on any atom is 0.137 e. The lowest BCUT2D eigenvalue weighted by Crippen LogP contribution is -2.01. The van der Waals surface area contributed by atoms with E-state index < -0.39 is 0 Å². The number of carbonyl (C=O) groups is 1. The second-order valence-electron chi connectivity index (χ2n) is 3.21. The fourth-order valence-electron chi connectivity index (χ4n) is 1.28. The summed E-state index contributed by atoms with van der Waals surface area (Å²) >= 11 is 0. The molecule has 0 saturated heterocycles. The molecule has 0 bridgehead atoms. The van der Waals surface area contributed by atoms with Gasteiger partial charge >= 0.3 is 0 Å². The zero-order chi connectivity index (χ0) is 10.2. The summed E-state index contributed by atoms with van der Waals surface area (Å²) in [7, 11) is 0. The molecule has 0 heterocycles. The lowest BCUT2D eigenvalue weighted by Gasteiger charge is -1.98. The monoisotopic (exact) mass is 187 g/mol. The van der Waals surface area contributed by atoms with Crippen molar-refractivity contribution in [3.05, 3.63) is 35.9 Å². The molecule has 0 fully saturated rings. The summed E-state index contributed by atoms with van der Waals surface area (Å²) in [5.41, 5.74) is 1.05. The normalized spacial score (nSPS) is 9.36. The van der Waals surface area contributed by atoms with Crippen LogP contribution in [-0.2, 0) is 11.2 Å². The van der Waals surface area contributed by atoms with Gasteiger partial charge < -0.3 is 0 Å². The summed E-state index contributed by atoms with van der Waals surface area (Å²) in [6.07, 6.45) is 2.16. The van der Waals surface area contributed by atoms with Crippen molar-refractivity contribution in [1.29, 1.82) is 5.26 Å². The number of unbranched alkanes of at least 4 members (excludes halogenated alkanes) is 1. The van der Waals surface area contributed by atoms with E-state index >= 15 is 0 Å². The van der Waals surface area contributed by atoms with E-state index in [1.807, 2.05) is 36.4 Å². The molecule has 0 unspecified atom stereocenters. The predicted molar refractivity (Wildman–Crippen MR) is 54.6 cm³/mol. The Kier molecular flexibility index (Phi) is 4.43. The Morgan fingerprint density at radius 3 is 2.64 bits per heavy atom. The Morgan fingerprint density at radius 2 is 2.00 bits per heavy atom. The van der Waals surface area contributed by atoms with Gasteiger partial charge in [0.1, 0.15) is 5.78 Å². The number of benzene rings is 1.